The number of sulfonamides is 1. The van der Waals surface area contributed by atoms with Crippen LogP contribution in [0.15, 0.2) is 24.3 Å². The predicted octanol–water partition coefficient (Wildman–Crippen LogP) is -0.292. The van der Waals surface area contributed by atoms with Crippen molar-refractivity contribution in [3.05, 3.63) is 24.3 Å². The number of nitrogens with two attached hydrogens (primary N) is 1. The molecule has 0 spiro atoms. The molecule has 0 amide bonds. The van der Waals surface area contributed by atoms with E-state index in [0.717, 1.165) is 0 Å². The summed E-state index contributed by atoms with van der Waals surface area (Å²) in [6, 6.07) is 6.73. The Labute approximate surface area is 124 Å². The molecule has 1 aromatic rings. The molecule has 1 saturated heterocycles. The first-order chi connectivity index (χ1) is 9.78. The van der Waals surface area contributed by atoms with Gasteiger partial charge in [-0.15, -0.1) is 0 Å². The molecule has 0 aliphatic carbocycles. The second kappa shape index (κ2) is 6.20. The van der Waals surface area contributed by atoms with E-state index in [4.69, 9.17) is 10.5 Å². The Kier molecular flexibility index (Phi) is 4.74. The highest BCUT2D eigenvalue weighted by Crippen LogP contribution is 2.15. The number of hydrogen-bond donors (Lipinski definition) is 1. The lowest BCUT2D eigenvalue weighted by Crippen LogP contribution is -2.45. The fraction of sp³-hybridized carbons (Fsp3) is 0.500. The maximum Gasteiger partial charge on any atom is 0.217 e. The second-order valence-electron chi connectivity index (χ2n) is 4.79. The van der Waals surface area contributed by atoms with Crippen LogP contribution < -0.4 is 10.5 Å². The number of anilines is 1. The van der Waals surface area contributed by atoms with E-state index in [1.807, 2.05) is 0 Å². The van der Waals surface area contributed by atoms with Crippen LogP contribution in [0.3, 0.4) is 0 Å². The molecule has 1 aliphatic heterocycles. The summed E-state index contributed by atoms with van der Waals surface area (Å²) in [6.07, 6.45) is 0. The molecule has 0 unspecified atom stereocenters. The van der Waals surface area contributed by atoms with Crippen LogP contribution >= 0.6 is 0 Å². The van der Waals surface area contributed by atoms with Crippen molar-refractivity contribution in [3.63, 3.8) is 0 Å². The molecular weight excluding hydrogens is 316 g/mol. The SMILES string of the molecule is Nc1cccc(OCCS(=O)(=O)N2CCS(=O)(=O)CC2)c1. The first-order valence-corrected chi connectivity index (χ1v) is 9.88. The third kappa shape index (κ3) is 4.58. The third-order valence-corrected chi connectivity index (χ3v) is 6.61. The Balaban J connectivity index is 1.87. The van der Waals surface area contributed by atoms with Crippen LogP contribution in [0.5, 0.6) is 5.75 Å². The van der Waals surface area contributed by atoms with E-state index in [-0.39, 0.29) is 37.0 Å². The van der Waals surface area contributed by atoms with Crippen LogP contribution in [0.25, 0.3) is 0 Å². The Bertz CT molecular complexity index is 686. The molecule has 118 valence electrons. The Morgan fingerprint density at radius 1 is 1.24 bits per heavy atom. The van der Waals surface area contributed by atoms with Gasteiger partial charge in [-0.05, 0) is 12.1 Å². The summed E-state index contributed by atoms with van der Waals surface area (Å²) in [4.78, 5) is 0. The number of nitrogen functional groups attached to an aromatic ring is 1. The molecule has 1 heterocycles. The molecule has 1 fully saturated rings. The summed E-state index contributed by atoms with van der Waals surface area (Å²) >= 11 is 0. The Morgan fingerprint density at radius 3 is 2.52 bits per heavy atom. The number of sulfone groups is 1. The quantitative estimate of drug-likeness (QED) is 0.742. The third-order valence-electron chi connectivity index (χ3n) is 3.16. The van der Waals surface area contributed by atoms with Crippen molar-refractivity contribution in [1.82, 2.24) is 4.31 Å². The average Bonchev–Trinajstić information content (AvgIpc) is 2.38. The zero-order valence-electron chi connectivity index (χ0n) is 11.4. The molecule has 9 heteroatoms. The fourth-order valence-electron chi connectivity index (χ4n) is 1.97. The van der Waals surface area contributed by atoms with Gasteiger partial charge in [0, 0.05) is 24.8 Å². The summed E-state index contributed by atoms with van der Waals surface area (Å²) in [5.41, 5.74) is 6.13. The maximum absolute atomic E-state index is 12.1. The Hall–Kier alpha value is -1.32. The van der Waals surface area contributed by atoms with Gasteiger partial charge in [0.25, 0.3) is 0 Å². The Morgan fingerprint density at radius 2 is 1.90 bits per heavy atom. The van der Waals surface area contributed by atoms with Crippen molar-refractivity contribution in [2.45, 2.75) is 0 Å². The zero-order chi connectivity index (χ0) is 15.5. The van der Waals surface area contributed by atoms with Gasteiger partial charge in [0.05, 0.1) is 17.3 Å². The van der Waals surface area contributed by atoms with Crippen LogP contribution in [-0.2, 0) is 19.9 Å². The lowest BCUT2D eigenvalue weighted by atomic mass is 10.3. The van der Waals surface area contributed by atoms with E-state index in [2.05, 4.69) is 0 Å². The van der Waals surface area contributed by atoms with Gasteiger partial charge in [-0.1, -0.05) is 6.07 Å². The highest BCUT2D eigenvalue weighted by Gasteiger charge is 2.29. The van der Waals surface area contributed by atoms with Crippen LogP contribution in [0.4, 0.5) is 5.69 Å². The van der Waals surface area contributed by atoms with E-state index < -0.39 is 19.9 Å². The van der Waals surface area contributed by atoms with E-state index in [1.165, 1.54) is 4.31 Å². The van der Waals surface area contributed by atoms with Gasteiger partial charge < -0.3 is 10.5 Å². The normalized spacial score (nSPS) is 19.2. The summed E-state index contributed by atoms with van der Waals surface area (Å²) in [5.74, 6) is 0.0679. The van der Waals surface area contributed by atoms with Gasteiger partial charge in [0.2, 0.25) is 10.0 Å². The molecular formula is C12H18N2O5S2. The monoisotopic (exact) mass is 334 g/mol. The summed E-state index contributed by atoms with van der Waals surface area (Å²) in [5, 5.41) is 0. The molecule has 7 nitrogen and oxygen atoms in total. The van der Waals surface area contributed by atoms with E-state index in [1.54, 1.807) is 24.3 Å². The molecule has 0 aromatic heterocycles. The van der Waals surface area contributed by atoms with Crippen LogP contribution in [0.2, 0.25) is 0 Å². The lowest BCUT2D eigenvalue weighted by Gasteiger charge is -2.25. The number of rotatable bonds is 5. The largest absolute Gasteiger partial charge is 0.492 e. The molecule has 0 bridgehead atoms. The smallest absolute Gasteiger partial charge is 0.217 e. The van der Waals surface area contributed by atoms with Gasteiger partial charge in [-0.25, -0.2) is 16.8 Å². The van der Waals surface area contributed by atoms with Gasteiger partial charge in [-0.2, -0.15) is 4.31 Å². The molecule has 0 saturated carbocycles. The number of nitrogens with zero attached hydrogens (tertiary/aromatic N) is 1. The van der Waals surface area contributed by atoms with E-state index in [0.29, 0.717) is 11.4 Å². The van der Waals surface area contributed by atoms with Crippen molar-refractivity contribution in [1.29, 1.82) is 0 Å². The van der Waals surface area contributed by atoms with Crippen molar-refractivity contribution >= 4 is 25.5 Å². The second-order valence-corrected chi connectivity index (χ2v) is 9.18. The summed E-state index contributed by atoms with van der Waals surface area (Å²) in [7, 11) is -6.60. The average molecular weight is 334 g/mol. The fourth-order valence-corrected chi connectivity index (χ4v) is 4.70. The van der Waals surface area contributed by atoms with Gasteiger partial charge in [0.15, 0.2) is 9.84 Å². The molecule has 0 atom stereocenters. The number of ether oxygens (including phenoxy) is 1. The van der Waals surface area contributed by atoms with E-state index >= 15 is 0 Å². The van der Waals surface area contributed by atoms with Crippen LogP contribution in [0.1, 0.15) is 0 Å². The lowest BCUT2D eigenvalue weighted by molar-refractivity contribution is 0.335. The molecule has 21 heavy (non-hydrogen) atoms. The minimum absolute atomic E-state index is 0.00492. The standard InChI is InChI=1S/C12H18N2O5S2/c13-11-2-1-3-12(10-11)19-6-9-21(17,18)14-4-7-20(15,16)8-5-14/h1-3,10H,4-9,13H2. The van der Waals surface area contributed by atoms with Crippen LogP contribution in [-0.4, -0.2) is 58.1 Å². The number of hydrogen-bond acceptors (Lipinski definition) is 6. The number of benzene rings is 1. The van der Waals surface area contributed by atoms with Crippen molar-refractivity contribution in [3.8, 4) is 5.75 Å². The van der Waals surface area contributed by atoms with Crippen molar-refractivity contribution in [2.24, 2.45) is 0 Å². The maximum atomic E-state index is 12.1. The molecule has 2 N–H and O–H groups in total. The molecule has 0 radical (unpaired) electrons. The van der Waals surface area contributed by atoms with Crippen molar-refractivity contribution in [2.75, 3.05) is 42.7 Å². The van der Waals surface area contributed by atoms with E-state index in [9.17, 15) is 16.8 Å². The minimum atomic E-state index is -3.50. The van der Waals surface area contributed by atoms with Gasteiger partial charge in [0.1, 0.15) is 12.4 Å². The van der Waals surface area contributed by atoms with Gasteiger partial charge >= 0.3 is 0 Å². The topological polar surface area (TPSA) is 107 Å². The first-order valence-electron chi connectivity index (χ1n) is 6.45. The van der Waals surface area contributed by atoms with Crippen LogP contribution in [0, 0.1) is 0 Å². The summed E-state index contributed by atoms with van der Waals surface area (Å²) in [6.45, 7) is 0.0287. The van der Waals surface area contributed by atoms with Crippen molar-refractivity contribution < 1.29 is 21.6 Å². The first kappa shape index (κ1) is 16.1. The molecule has 1 aliphatic rings. The summed E-state index contributed by atoms with van der Waals surface area (Å²) < 4.78 is 53.3. The minimum Gasteiger partial charge on any atom is -0.492 e. The molecule has 1 aromatic carbocycles. The molecule has 2 rings (SSSR count). The highest BCUT2D eigenvalue weighted by molar-refractivity contribution is 7.92. The highest BCUT2D eigenvalue weighted by atomic mass is 32.2. The zero-order valence-corrected chi connectivity index (χ0v) is 13.1. The predicted molar refractivity (Wildman–Crippen MR) is 80.4 cm³/mol. The van der Waals surface area contributed by atoms with Gasteiger partial charge in [-0.3, -0.25) is 0 Å².